The molecular weight excluding hydrogens is 443 g/mol. The molecule has 0 aliphatic rings. The van der Waals surface area contributed by atoms with Crippen molar-refractivity contribution in [3.63, 3.8) is 0 Å². The van der Waals surface area contributed by atoms with Crippen molar-refractivity contribution in [3.05, 3.63) is 58.7 Å². The molecule has 190 valence electrons. The lowest BCUT2D eigenvalue weighted by atomic mass is 9.87. The van der Waals surface area contributed by atoms with Gasteiger partial charge in [0, 0.05) is 31.0 Å². The highest BCUT2D eigenvalue weighted by Gasteiger charge is 2.32. The van der Waals surface area contributed by atoms with Crippen molar-refractivity contribution in [2.75, 3.05) is 34.1 Å². The highest BCUT2D eigenvalue weighted by molar-refractivity contribution is 7.37. The van der Waals surface area contributed by atoms with Crippen molar-refractivity contribution in [1.82, 2.24) is 0 Å². The molecule has 2 aromatic rings. The van der Waals surface area contributed by atoms with E-state index in [4.69, 9.17) is 18.9 Å². The van der Waals surface area contributed by atoms with Gasteiger partial charge in [-0.25, -0.2) is 0 Å². The van der Waals surface area contributed by atoms with Crippen LogP contribution in [0.4, 0.5) is 0 Å². The predicted octanol–water partition coefficient (Wildman–Crippen LogP) is 7.61. The van der Waals surface area contributed by atoms with Crippen molar-refractivity contribution < 1.29 is 18.9 Å². The van der Waals surface area contributed by atoms with Crippen LogP contribution in [0.25, 0.3) is 0 Å². The summed E-state index contributed by atoms with van der Waals surface area (Å²) in [7, 11) is 4.36. The molecule has 0 amide bonds. The average molecular weight is 489 g/mol. The van der Waals surface area contributed by atoms with Crippen molar-refractivity contribution in [3.8, 4) is 11.5 Å². The van der Waals surface area contributed by atoms with Gasteiger partial charge in [-0.05, 0) is 83.5 Å². The van der Waals surface area contributed by atoms with Crippen LogP contribution in [0, 0.1) is 12.8 Å². The van der Waals surface area contributed by atoms with E-state index in [9.17, 15) is 0 Å². The number of aryl methyl sites for hydroxylation is 1. The molecule has 34 heavy (non-hydrogen) atoms. The molecule has 0 N–H and O–H groups in total. The summed E-state index contributed by atoms with van der Waals surface area (Å²) in [6.45, 7) is 18.1. The Hall–Kier alpha value is -1.61. The molecule has 2 rings (SSSR count). The zero-order chi connectivity index (χ0) is 25.5. The van der Waals surface area contributed by atoms with Gasteiger partial charge in [-0.3, -0.25) is 0 Å². The Morgan fingerprint density at radius 3 is 1.76 bits per heavy atom. The first-order valence-electron chi connectivity index (χ1n) is 12.2. The Labute approximate surface area is 209 Å². The molecular formula is C29H45O4P. The van der Waals surface area contributed by atoms with Gasteiger partial charge in [0.25, 0.3) is 0 Å². The summed E-state index contributed by atoms with van der Waals surface area (Å²) in [5.74, 6) is 2.38. The zero-order valence-electron chi connectivity index (χ0n) is 22.9. The molecule has 4 nitrogen and oxygen atoms in total. The Balaban J connectivity index is 2.15. The molecule has 0 radical (unpaired) electrons. The fourth-order valence-electron chi connectivity index (χ4n) is 4.03. The summed E-state index contributed by atoms with van der Waals surface area (Å²) < 4.78 is 24.0. The van der Waals surface area contributed by atoms with Crippen LogP contribution in [-0.4, -0.2) is 34.1 Å². The quantitative estimate of drug-likeness (QED) is 0.215. The minimum Gasteiger partial charge on any atom is -0.490 e. The van der Waals surface area contributed by atoms with E-state index in [-0.39, 0.29) is 0 Å². The van der Waals surface area contributed by atoms with Crippen LogP contribution >= 0.6 is 8.58 Å². The number of methoxy groups -OCH3 is 2. The second kappa shape index (κ2) is 12.4. The Morgan fingerprint density at radius 1 is 0.824 bits per heavy atom. The SMILES string of the molecule is COC(C)(C)c1cc(C)cc(C(C)(C)OC)c1OCCOc1ccc(C(CC(C)C)PC)cc1. The first-order valence-corrected chi connectivity index (χ1v) is 13.8. The molecule has 2 unspecified atom stereocenters. The van der Waals surface area contributed by atoms with Gasteiger partial charge < -0.3 is 18.9 Å². The molecule has 2 aromatic carbocycles. The van der Waals surface area contributed by atoms with Crippen LogP contribution in [0.2, 0.25) is 0 Å². The Bertz CT molecular complexity index is 866. The molecule has 0 aromatic heterocycles. The third-order valence-electron chi connectivity index (χ3n) is 6.49. The maximum absolute atomic E-state index is 6.36. The second-order valence-electron chi connectivity index (χ2n) is 10.4. The predicted molar refractivity (Wildman–Crippen MR) is 145 cm³/mol. The lowest BCUT2D eigenvalue weighted by Crippen LogP contribution is -2.27. The largest absolute Gasteiger partial charge is 0.490 e. The van der Waals surface area contributed by atoms with E-state index in [2.05, 4.69) is 91.5 Å². The molecule has 0 saturated carbocycles. The monoisotopic (exact) mass is 488 g/mol. The summed E-state index contributed by atoms with van der Waals surface area (Å²) in [6.07, 6.45) is 1.22. The maximum atomic E-state index is 6.36. The van der Waals surface area contributed by atoms with Crippen LogP contribution < -0.4 is 9.47 Å². The van der Waals surface area contributed by atoms with Crippen molar-refractivity contribution in [1.29, 1.82) is 0 Å². The fourth-order valence-corrected chi connectivity index (χ4v) is 5.27. The average Bonchev–Trinajstić information content (AvgIpc) is 2.80. The minimum atomic E-state index is -0.497. The van der Waals surface area contributed by atoms with Gasteiger partial charge in [-0.15, -0.1) is 8.58 Å². The number of ether oxygens (including phenoxy) is 4. The summed E-state index contributed by atoms with van der Waals surface area (Å²) in [5, 5.41) is 0. The van der Waals surface area contributed by atoms with Crippen LogP contribution in [0.15, 0.2) is 36.4 Å². The van der Waals surface area contributed by atoms with E-state index in [0.717, 1.165) is 36.8 Å². The summed E-state index contributed by atoms with van der Waals surface area (Å²) in [5.41, 5.74) is 4.20. The molecule has 0 fully saturated rings. The third-order valence-corrected chi connectivity index (χ3v) is 7.75. The minimum absolute atomic E-state index is 0.427. The second-order valence-corrected chi connectivity index (χ2v) is 11.6. The van der Waals surface area contributed by atoms with E-state index in [0.29, 0.717) is 24.8 Å². The number of benzene rings is 2. The zero-order valence-corrected chi connectivity index (χ0v) is 23.9. The van der Waals surface area contributed by atoms with Gasteiger partial charge in [0.15, 0.2) is 0 Å². The number of rotatable bonds is 13. The van der Waals surface area contributed by atoms with Crippen LogP contribution in [0.1, 0.15) is 75.9 Å². The van der Waals surface area contributed by atoms with Gasteiger partial charge >= 0.3 is 0 Å². The molecule has 5 heteroatoms. The van der Waals surface area contributed by atoms with Crippen LogP contribution in [0.5, 0.6) is 11.5 Å². The molecule has 0 saturated heterocycles. The van der Waals surface area contributed by atoms with Gasteiger partial charge in [-0.2, -0.15) is 0 Å². The number of hydrogen-bond donors (Lipinski definition) is 0. The molecule has 0 spiro atoms. The van der Waals surface area contributed by atoms with E-state index >= 15 is 0 Å². The summed E-state index contributed by atoms with van der Waals surface area (Å²) in [4.78, 5) is 0. The van der Waals surface area contributed by atoms with Gasteiger partial charge in [0.1, 0.15) is 24.7 Å². The van der Waals surface area contributed by atoms with Crippen LogP contribution in [-0.2, 0) is 20.7 Å². The maximum Gasteiger partial charge on any atom is 0.131 e. The Morgan fingerprint density at radius 2 is 1.32 bits per heavy atom. The summed E-state index contributed by atoms with van der Waals surface area (Å²) >= 11 is 0. The van der Waals surface area contributed by atoms with E-state index in [1.165, 1.54) is 12.0 Å². The molecule has 0 heterocycles. The molecule has 0 aliphatic heterocycles. The normalized spacial score (nSPS) is 13.6. The fraction of sp³-hybridized carbons (Fsp3) is 0.586. The number of hydrogen-bond acceptors (Lipinski definition) is 4. The highest BCUT2D eigenvalue weighted by atomic mass is 31.1. The summed E-state index contributed by atoms with van der Waals surface area (Å²) in [6, 6.07) is 12.8. The van der Waals surface area contributed by atoms with Gasteiger partial charge in [-0.1, -0.05) is 31.5 Å². The standard InChI is InChI=1S/C29H45O4P/c1-20(2)17-26(34-10)22-11-13-23(14-12-22)32-15-16-33-27-24(28(4,5)30-8)18-21(3)19-25(27)29(6,7)31-9/h11-14,18-20,26,34H,15-17H2,1-10H3. The Kier molecular flexibility index (Phi) is 10.4. The lowest BCUT2D eigenvalue weighted by molar-refractivity contribution is 0.00822. The smallest absolute Gasteiger partial charge is 0.131 e. The topological polar surface area (TPSA) is 36.9 Å². The van der Waals surface area contributed by atoms with E-state index < -0.39 is 11.2 Å². The van der Waals surface area contributed by atoms with E-state index in [1.54, 1.807) is 14.2 Å². The van der Waals surface area contributed by atoms with Crippen molar-refractivity contribution >= 4 is 8.58 Å². The van der Waals surface area contributed by atoms with Crippen molar-refractivity contribution in [2.24, 2.45) is 5.92 Å². The van der Waals surface area contributed by atoms with E-state index in [1.807, 2.05) is 0 Å². The third kappa shape index (κ3) is 7.44. The van der Waals surface area contributed by atoms with Crippen LogP contribution in [0.3, 0.4) is 0 Å². The van der Waals surface area contributed by atoms with Gasteiger partial charge in [0.2, 0.25) is 0 Å². The first-order chi connectivity index (χ1) is 15.9. The molecule has 0 aliphatic carbocycles. The highest BCUT2D eigenvalue weighted by Crippen LogP contribution is 2.41. The van der Waals surface area contributed by atoms with Gasteiger partial charge in [0.05, 0.1) is 11.2 Å². The first kappa shape index (κ1) is 28.6. The lowest BCUT2D eigenvalue weighted by Gasteiger charge is -2.32. The molecule has 2 atom stereocenters. The van der Waals surface area contributed by atoms with Crippen molar-refractivity contribution in [2.45, 2.75) is 71.7 Å². The molecule has 0 bridgehead atoms.